The van der Waals surface area contributed by atoms with E-state index in [1.54, 1.807) is 43.8 Å². The van der Waals surface area contributed by atoms with Crippen LogP contribution in [0.1, 0.15) is 10.7 Å². The van der Waals surface area contributed by atoms with Crippen LogP contribution in [0.25, 0.3) is 11.4 Å². The molecule has 1 N–H and O–H groups in total. The van der Waals surface area contributed by atoms with Crippen LogP contribution in [-0.2, 0) is 0 Å². The van der Waals surface area contributed by atoms with Gasteiger partial charge in [-0.15, -0.1) is 0 Å². The van der Waals surface area contributed by atoms with Gasteiger partial charge in [0.2, 0.25) is 5.82 Å². The predicted octanol–water partition coefficient (Wildman–Crippen LogP) is 1.95. The van der Waals surface area contributed by atoms with Gasteiger partial charge in [0.05, 0.1) is 13.7 Å². The van der Waals surface area contributed by atoms with Crippen LogP contribution < -0.4 is 14.8 Å². The summed E-state index contributed by atoms with van der Waals surface area (Å²) in [5, 5.41) is 6.43. The van der Waals surface area contributed by atoms with E-state index in [1.807, 2.05) is 12.1 Å². The van der Waals surface area contributed by atoms with Gasteiger partial charge in [0.25, 0.3) is 0 Å². The largest absolute Gasteiger partial charge is 0.493 e. The Morgan fingerprint density at radius 3 is 2.80 bits per heavy atom. The highest BCUT2D eigenvalue weighted by atomic mass is 16.5. The third-order valence-electron chi connectivity index (χ3n) is 3.25. The van der Waals surface area contributed by atoms with Crippen LogP contribution in [0.3, 0.4) is 0 Å². The quantitative estimate of drug-likeness (QED) is 0.656. The molecule has 0 bridgehead atoms. The number of aromatic nitrogens is 3. The highest BCUT2D eigenvalue weighted by Crippen LogP contribution is 2.25. The Morgan fingerprint density at radius 2 is 2.04 bits per heavy atom. The minimum absolute atomic E-state index is 0.115. The number of benzene rings is 1. The van der Waals surface area contributed by atoms with Crippen LogP contribution >= 0.6 is 0 Å². The third kappa shape index (κ3) is 4.11. The molecule has 2 heterocycles. The first-order chi connectivity index (χ1) is 12.3. The number of nitrogens with one attached hydrogen (secondary N) is 1. The summed E-state index contributed by atoms with van der Waals surface area (Å²) in [5.41, 5.74) is 0.671. The number of carbonyl (C=O) groups is 1. The highest BCUT2D eigenvalue weighted by Gasteiger charge is 2.15. The van der Waals surface area contributed by atoms with Crippen molar-refractivity contribution in [2.45, 2.75) is 0 Å². The molecular formula is C17H16N4O4. The van der Waals surface area contributed by atoms with Crippen molar-refractivity contribution in [2.75, 3.05) is 20.3 Å². The van der Waals surface area contributed by atoms with E-state index in [1.165, 1.54) is 0 Å². The van der Waals surface area contributed by atoms with Crippen molar-refractivity contribution in [2.24, 2.45) is 0 Å². The zero-order chi connectivity index (χ0) is 17.5. The molecule has 0 aliphatic carbocycles. The van der Waals surface area contributed by atoms with Gasteiger partial charge in [-0.05, 0) is 24.3 Å². The standard InChI is InChI=1S/C17H16N4O4/c1-23-13-6-2-3-7-14(13)24-10-9-19-16(22)17-20-15(21-25-17)12-5-4-8-18-11-12/h2-8,11H,9-10H2,1H3,(H,19,22). The molecule has 2 aromatic heterocycles. The van der Waals surface area contributed by atoms with Gasteiger partial charge < -0.3 is 19.3 Å². The highest BCUT2D eigenvalue weighted by molar-refractivity contribution is 5.89. The number of pyridine rings is 1. The number of rotatable bonds is 7. The lowest BCUT2D eigenvalue weighted by Crippen LogP contribution is -2.28. The van der Waals surface area contributed by atoms with Crippen molar-refractivity contribution < 1.29 is 18.8 Å². The molecule has 128 valence electrons. The second-order valence-corrected chi connectivity index (χ2v) is 4.92. The normalized spacial score (nSPS) is 10.3. The number of carbonyl (C=O) groups excluding carboxylic acids is 1. The summed E-state index contributed by atoms with van der Waals surface area (Å²) in [6.45, 7) is 0.553. The maximum Gasteiger partial charge on any atom is 0.316 e. The molecular weight excluding hydrogens is 324 g/mol. The molecule has 0 unspecified atom stereocenters. The van der Waals surface area contributed by atoms with Crippen molar-refractivity contribution in [3.63, 3.8) is 0 Å². The van der Waals surface area contributed by atoms with Gasteiger partial charge in [0.1, 0.15) is 6.61 Å². The maximum atomic E-state index is 12.0. The van der Waals surface area contributed by atoms with Gasteiger partial charge in [0.15, 0.2) is 11.5 Å². The maximum absolute atomic E-state index is 12.0. The van der Waals surface area contributed by atoms with E-state index < -0.39 is 5.91 Å². The van der Waals surface area contributed by atoms with Gasteiger partial charge in [-0.25, -0.2) is 0 Å². The molecule has 0 saturated carbocycles. The number of hydrogen-bond donors (Lipinski definition) is 1. The van der Waals surface area contributed by atoms with Crippen molar-refractivity contribution >= 4 is 5.91 Å². The number of methoxy groups -OCH3 is 1. The predicted molar refractivity (Wildman–Crippen MR) is 88.4 cm³/mol. The van der Waals surface area contributed by atoms with Crippen molar-refractivity contribution in [1.29, 1.82) is 0 Å². The van der Waals surface area contributed by atoms with E-state index >= 15 is 0 Å². The Labute approximate surface area is 143 Å². The fourth-order valence-corrected chi connectivity index (χ4v) is 2.07. The molecule has 8 heteroatoms. The van der Waals surface area contributed by atoms with E-state index in [0.29, 0.717) is 22.9 Å². The Bertz CT molecular complexity index is 835. The molecule has 0 aliphatic rings. The third-order valence-corrected chi connectivity index (χ3v) is 3.25. The van der Waals surface area contributed by atoms with Gasteiger partial charge >= 0.3 is 11.8 Å². The van der Waals surface area contributed by atoms with Gasteiger partial charge in [0, 0.05) is 18.0 Å². The SMILES string of the molecule is COc1ccccc1OCCNC(=O)c1nc(-c2cccnc2)no1. The molecule has 25 heavy (non-hydrogen) atoms. The smallest absolute Gasteiger partial charge is 0.316 e. The summed E-state index contributed by atoms with van der Waals surface area (Å²) < 4.78 is 15.7. The Morgan fingerprint density at radius 1 is 1.20 bits per heavy atom. The molecule has 0 saturated heterocycles. The first kappa shape index (κ1) is 16.4. The number of amides is 1. The lowest BCUT2D eigenvalue weighted by atomic mass is 10.3. The molecule has 1 aromatic carbocycles. The van der Waals surface area contributed by atoms with Crippen molar-refractivity contribution in [3.05, 3.63) is 54.7 Å². The molecule has 1 amide bonds. The van der Waals surface area contributed by atoms with Crippen LogP contribution in [0.4, 0.5) is 0 Å². The van der Waals surface area contributed by atoms with Crippen LogP contribution in [0, 0.1) is 0 Å². The van der Waals surface area contributed by atoms with Gasteiger partial charge in [-0.2, -0.15) is 4.98 Å². The van der Waals surface area contributed by atoms with Crippen molar-refractivity contribution in [1.82, 2.24) is 20.4 Å². The average molecular weight is 340 g/mol. The van der Waals surface area contributed by atoms with E-state index in [4.69, 9.17) is 14.0 Å². The molecule has 0 atom stereocenters. The summed E-state index contributed by atoms with van der Waals surface area (Å²) in [6.07, 6.45) is 3.23. The van der Waals surface area contributed by atoms with Crippen LogP contribution in [0.2, 0.25) is 0 Å². The van der Waals surface area contributed by atoms with Gasteiger partial charge in [-0.3, -0.25) is 9.78 Å². The molecule has 3 rings (SSSR count). The van der Waals surface area contributed by atoms with E-state index in [9.17, 15) is 4.79 Å². The molecule has 0 radical (unpaired) electrons. The van der Waals surface area contributed by atoms with Crippen molar-refractivity contribution in [3.8, 4) is 22.9 Å². The molecule has 3 aromatic rings. The van der Waals surface area contributed by atoms with E-state index in [2.05, 4.69) is 20.4 Å². The minimum atomic E-state index is -0.466. The fraction of sp³-hybridized carbons (Fsp3) is 0.176. The Kier molecular flexibility index (Phi) is 5.20. The number of para-hydroxylation sites is 2. The molecule has 0 fully saturated rings. The lowest BCUT2D eigenvalue weighted by Gasteiger charge is -2.10. The minimum Gasteiger partial charge on any atom is -0.493 e. The summed E-state index contributed by atoms with van der Waals surface area (Å²) >= 11 is 0. The van der Waals surface area contributed by atoms with Crippen LogP contribution in [-0.4, -0.2) is 41.3 Å². The lowest BCUT2D eigenvalue weighted by molar-refractivity contribution is 0.0903. The molecule has 0 spiro atoms. The zero-order valence-electron chi connectivity index (χ0n) is 13.5. The van der Waals surface area contributed by atoms with Gasteiger partial charge in [-0.1, -0.05) is 17.3 Å². The fourth-order valence-electron chi connectivity index (χ4n) is 2.07. The van der Waals surface area contributed by atoms with E-state index in [0.717, 1.165) is 0 Å². The van der Waals surface area contributed by atoms with Crippen LogP contribution in [0.15, 0.2) is 53.3 Å². The number of hydrogen-bond acceptors (Lipinski definition) is 7. The zero-order valence-corrected chi connectivity index (χ0v) is 13.5. The second kappa shape index (κ2) is 7.91. The summed E-state index contributed by atoms with van der Waals surface area (Å²) in [5.74, 6) is 0.966. The number of nitrogens with zero attached hydrogens (tertiary/aromatic N) is 3. The second-order valence-electron chi connectivity index (χ2n) is 4.92. The first-order valence-electron chi connectivity index (χ1n) is 7.56. The average Bonchev–Trinajstić information content (AvgIpc) is 3.16. The Balaban J connectivity index is 1.51. The van der Waals surface area contributed by atoms with Crippen LogP contribution in [0.5, 0.6) is 11.5 Å². The first-order valence-corrected chi connectivity index (χ1v) is 7.56. The summed E-state index contributed by atoms with van der Waals surface area (Å²) in [4.78, 5) is 20.0. The summed E-state index contributed by atoms with van der Waals surface area (Å²) in [6, 6.07) is 10.8. The van der Waals surface area contributed by atoms with E-state index in [-0.39, 0.29) is 19.0 Å². The molecule has 0 aliphatic heterocycles. The Hall–Kier alpha value is -3.42. The number of ether oxygens (including phenoxy) is 2. The monoisotopic (exact) mass is 340 g/mol. The topological polar surface area (TPSA) is 99.4 Å². The summed E-state index contributed by atoms with van der Waals surface area (Å²) in [7, 11) is 1.57. The molecule has 8 nitrogen and oxygen atoms in total.